The summed E-state index contributed by atoms with van der Waals surface area (Å²) in [5.41, 5.74) is 5.43. The highest BCUT2D eigenvalue weighted by molar-refractivity contribution is 6.26. The van der Waals surface area contributed by atoms with Crippen molar-refractivity contribution < 1.29 is 23.8 Å². The van der Waals surface area contributed by atoms with Gasteiger partial charge in [0, 0.05) is 66.7 Å². The number of aliphatic hydroxyl groups is 1. The van der Waals surface area contributed by atoms with Crippen molar-refractivity contribution in [3.05, 3.63) is 81.7 Å². The average molecular weight is 543 g/mol. The minimum absolute atomic E-state index is 0.0933. The molecule has 0 saturated carbocycles. The fourth-order valence-electron chi connectivity index (χ4n) is 5.39. The summed E-state index contributed by atoms with van der Waals surface area (Å²) < 4.78 is 10.9. The summed E-state index contributed by atoms with van der Waals surface area (Å²) in [6.07, 6.45) is -1.03. The number of nitrogens with zero attached hydrogens (tertiary/aromatic N) is 3. The van der Waals surface area contributed by atoms with Crippen LogP contribution < -0.4 is 20.7 Å². The number of hydrogen-bond donors (Lipinski definition) is 2. The number of ether oxygens (including phenoxy) is 1. The van der Waals surface area contributed by atoms with Crippen LogP contribution in [-0.4, -0.2) is 79.3 Å². The zero-order chi connectivity index (χ0) is 28.0. The number of aliphatic hydroxyl groups excluding tert-OH is 1. The Labute approximate surface area is 230 Å². The quantitative estimate of drug-likeness (QED) is 0.269. The lowest BCUT2D eigenvalue weighted by Gasteiger charge is -2.35. The fourth-order valence-corrected chi connectivity index (χ4v) is 5.39. The Morgan fingerprint density at radius 2 is 1.70 bits per heavy atom. The first-order valence-corrected chi connectivity index (χ1v) is 13.3. The second kappa shape index (κ2) is 10.4. The number of hydrazine groups is 1. The van der Waals surface area contributed by atoms with Gasteiger partial charge in [0.1, 0.15) is 24.0 Å². The van der Waals surface area contributed by atoms with Gasteiger partial charge in [0.25, 0.3) is 11.8 Å². The van der Waals surface area contributed by atoms with E-state index >= 15 is 0 Å². The van der Waals surface area contributed by atoms with E-state index in [4.69, 9.17) is 9.15 Å². The summed E-state index contributed by atoms with van der Waals surface area (Å²) >= 11 is 0. The molecule has 0 spiro atoms. The minimum Gasteiger partial charge on any atom is -0.491 e. The number of piperazine rings is 1. The van der Waals surface area contributed by atoms with Crippen LogP contribution in [0.3, 0.4) is 0 Å². The maximum absolute atomic E-state index is 13.4. The lowest BCUT2D eigenvalue weighted by molar-refractivity contribution is 0.0433. The Morgan fingerprint density at radius 1 is 0.950 bits per heavy atom. The lowest BCUT2D eigenvalue weighted by Crippen LogP contribution is -2.52. The Balaban J connectivity index is 1.15. The van der Waals surface area contributed by atoms with Crippen LogP contribution in [0.25, 0.3) is 21.7 Å². The van der Waals surface area contributed by atoms with Gasteiger partial charge in [-0.2, -0.15) is 0 Å². The number of imide groups is 1. The Morgan fingerprint density at radius 3 is 2.48 bits per heavy atom. The van der Waals surface area contributed by atoms with Crippen molar-refractivity contribution >= 4 is 39.2 Å². The van der Waals surface area contributed by atoms with Crippen LogP contribution in [0.2, 0.25) is 0 Å². The first-order valence-electron chi connectivity index (χ1n) is 13.3. The van der Waals surface area contributed by atoms with E-state index in [1.165, 1.54) is 6.07 Å². The molecular weight excluding hydrogens is 512 g/mol. The smallest absolute Gasteiger partial charge is 0.336 e. The molecule has 1 saturated heterocycles. The Hall–Kier alpha value is -4.25. The minimum atomic E-state index is -1.03. The molecule has 10 nitrogen and oxygen atoms in total. The van der Waals surface area contributed by atoms with Crippen LogP contribution in [0.1, 0.15) is 26.3 Å². The molecule has 10 heteroatoms. The number of amides is 2. The highest BCUT2D eigenvalue weighted by Gasteiger charge is 2.34. The third-order valence-electron chi connectivity index (χ3n) is 7.58. The third kappa shape index (κ3) is 4.70. The van der Waals surface area contributed by atoms with Crippen LogP contribution in [0, 0.1) is 6.92 Å². The highest BCUT2D eigenvalue weighted by Crippen LogP contribution is 2.36. The molecule has 3 aromatic carbocycles. The highest BCUT2D eigenvalue weighted by atomic mass is 16.5. The molecule has 0 aliphatic carbocycles. The zero-order valence-corrected chi connectivity index (χ0v) is 22.3. The SMILES string of the molecule is Cc1cc(=O)oc2cc(OCC(O)CNN3C(=O)c4cccc5c(N6CCN(C)CC6)ccc(c45)C3=O)ccc12. The molecule has 3 heterocycles. The first-order chi connectivity index (χ1) is 19.3. The zero-order valence-electron chi connectivity index (χ0n) is 22.3. The first kappa shape index (κ1) is 26.0. The van der Waals surface area contributed by atoms with Crippen molar-refractivity contribution in [1.82, 2.24) is 15.3 Å². The molecule has 2 N–H and O–H groups in total. The van der Waals surface area contributed by atoms with Crippen molar-refractivity contribution in [2.45, 2.75) is 13.0 Å². The summed E-state index contributed by atoms with van der Waals surface area (Å²) in [6.45, 7) is 5.26. The number of anilines is 1. The van der Waals surface area contributed by atoms with Gasteiger partial charge in [0.15, 0.2) is 0 Å². The molecule has 1 fully saturated rings. The maximum Gasteiger partial charge on any atom is 0.336 e. The van der Waals surface area contributed by atoms with E-state index < -0.39 is 23.5 Å². The van der Waals surface area contributed by atoms with Crippen molar-refractivity contribution in [3.8, 4) is 5.75 Å². The molecule has 2 aliphatic rings. The fraction of sp³-hybridized carbons (Fsp3) is 0.300. The van der Waals surface area contributed by atoms with Crippen molar-refractivity contribution in [2.24, 2.45) is 0 Å². The number of fused-ring (bicyclic) bond motifs is 1. The van der Waals surface area contributed by atoms with Gasteiger partial charge in [-0.25, -0.2) is 15.2 Å². The third-order valence-corrected chi connectivity index (χ3v) is 7.58. The molecule has 6 rings (SSSR count). The molecule has 40 heavy (non-hydrogen) atoms. The van der Waals surface area contributed by atoms with Gasteiger partial charge >= 0.3 is 5.63 Å². The summed E-state index contributed by atoms with van der Waals surface area (Å²) in [4.78, 5) is 43.0. The normalized spacial score (nSPS) is 16.7. The molecule has 2 amide bonds. The second-order valence-corrected chi connectivity index (χ2v) is 10.3. The molecular formula is C30H30N4O6. The number of carbonyl (C=O) groups is 2. The van der Waals surface area contributed by atoms with Crippen molar-refractivity contribution in [3.63, 3.8) is 0 Å². The molecule has 206 valence electrons. The predicted octanol–water partition coefficient (Wildman–Crippen LogP) is 2.55. The topological polar surface area (TPSA) is 116 Å². The van der Waals surface area contributed by atoms with E-state index in [-0.39, 0.29) is 13.2 Å². The van der Waals surface area contributed by atoms with Gasteiger partial charge < -0.3 is 24.1 Å². The molecule has 4 aromatic rings. The summed E-state index contributed by atoms with van der Waals surface area (Å²) in [5.74, 6) is -0.513. The monoisotopic (exact) mass is 542 g/mol. The second-order valence-electron chi connectivity index (χ2n) is 10.3. The van der Waals surface area contributed by atoms with Crippen LogP contribution >= 0.6 is 0 Å². The van der Waals surface area contributed by atoms with Gasteiger partial charge in [-0.1, -0.05) is 12.1 Å². The number of nitrogens with one attached hydrogen (secondary N) is 1. The van der Waals surface area contributed by atoms with Crippen LogP contribution in [0.4, 0.5) is 5.69 Å². The van der Waals surface area contributed by atoms with Crippen molar-refractivity contribution in [2.75, 3.05) is 51.3 Å². The van der Waals surface area contributed by atoms with E-state index in [1.807, 2.05) is 25.1 Å². The molecule has 1 aromatic heterocycles. The van der Waals surface area contributed by atoms with E-state index in [9.17, 15) is 19.5 Å². The number of likely N-dealkylation sites (N-methyl/N-ethyl adjacent to an activating group) is 1. The predicted molar refractivity (Wildman–Crippen MR) is 151 cm³/mol. The number of benzene rings is 3. The van der Waals surface area contributed by atoms with Gasteiger partial charge in [-0.15, -0.1) is 0 Å². The summed E-state index contributed by atoms with van der Waals surface area (Å²) in [7, 11) is 2.10. The Kier molecular flexibility index (Phi) is 6.75. The van der Waals surface area contributed by atoms with Crippen LogP contribution in [-0.2, 0) is 0 Å². The number of carbonyl (C=O) groups excluding carboxylic acids is 2. The lowest BCUT2D eigenvalue weighted by atomic mass is 9.93. The van der Waals surface area contributed by atoms with E-state index in [0.717, 1.165) is 53.2 Å². The van der Waals surface area contributed by atoms with Gasteiger partial charge in [-0.05, 0) is 49.9 Å². The molecule has 1 atom stereocenters. The summed E-state index contributed by atoms with van der Waals surface area (Å²) in [6, 6.07) is 15.8. The largest absolute Gasteiger partial charge is 0.491 e. The van der Waals surface area contributed by atoms with Gasteiger partial charge in [0.2, 0.25) is 0 Å². The van der Waals surface area contributed by atoms with E-state index in [0.29, 0.717) is 27.8 Å². The van der Waals surface area contributed by atoms with Gasteiger partial charge in [0.05, 0.1) is 11.1 Å². The Bertz CT molecular complexity index is 1670. The van der Waals surface area contributed by atoms with E-state index in [2.05, 4.69) is 22.3 Å². The standard InChI is InChI=1S/C30H30N4O6/c1-18-14-27(36)40-26-15-20(6-7-21(18)26)39-17-19(35)16-31-34-29(37)23-5-3-4-22-25(33-12-10-32(2)11-13-33)9-8-24(28(22)23)30(34)38/h3-9,14-15,19,31,35H,10-13,16-17H2,1-2H3. The van der Waals surface area contributed by atoms with E-state index in [1.54, 1.807) is 30.3 Å². The van der Waals surface area contributed by atoms with Crippen LogP contribution in [0.15, 0.2) is 63.8 Å². The van der Waals surface area contributed by atoms with Crippen LogP contribution in [0.5, 0.6) is 5.75 Å². The maximum atomic E-state index is 13.4. The van der Waals surface area contributed by atoms with Crippen molar-refractivity contribution in [1.29, 1.82) is 0 Å². The number of hydrogen-bond acceptors (Lipinski definition) is 9. The molecule has 0 bridgehead atoms. The molecule has 0 radical (unpaired) electrons. The average Bonchev–Trinajstić information content (AvgIpc) is 2.94. The molecule has 2 aliphatic heterocycles. The summed E-state index contributed by atoms with van der Waals surface area (Å²) in [5, 5.41) is 13.8. The van der Waals surface area contributed by atoms with Gasteiger partial charge in [-0.3, -0.25) is 9.59 Å². The number of rotatable bonds is 7. The number of aryl methyl sites for hydroxylation is 1. The molecule has 1 unspecified atom stereocenters.